The molecule has 1 aromatic carbocycles. The summed E-state index contributed by atoms with van der Waals surface area (Å²) in [7, 11) is -3.69. The summed E-state index contributed by atoms with van der Waals surface area (Å²) in [5, 5.41) is 3.44. The maximum absolute atomic E-state index is 12.0. The molecule has 3 N–H and O–H groups in total. The Morgan fingerprint density at radius 1 is 1.28 bits per heavy atom. The van der Waals surface area contributed by atoms with Crippen molar-refractivity contribution in [3.8, 4) is 0 Å². The molecule has 5 nitrogen and oxygen atoms in total. The summed E-state index contributed by atoms with van der Waals surface area (Å²) in [5.74, 6) is -0.664. The van der Waals surface area contributed by atoms with E-state index < -0.39 is 15.9 Å². The molecule has 0 unspecified atom stereocenters. The Labute approximate surface area is 108 Å². The Kier molecular flexibility index (Phi) is 3.35. The van der Waals surface area contributed by atoms with E-state index in [9.17, 15) is 13.2 Å². The fraction of sp³-hybridized carbons (Fsp3) is 0. The largest absolute Gasteiger partial charge is 0.366 e. The molecule has 0 aliphatic carbocycles. The predicted octanol–water partition coefficient (Wildman–Crippen LogP) is 1.65. The number of rotatable bonds is 4. The summed E-state index contributed by atoms with van der Waals surface area (Å²) < 4.78 is 26.4. The maximum Gasteiger partial charge on any atom is 0.261 e. The van der Waals surface area contributed by atoms with Crippen molar-refractivity contribution in [2.24, 2.45) is 5.73 Å². The first kappa shape index (κ1) is 12.6. The van der Waals surface area contributed by atoms with E-state index in [4.69, 9.17) is 5.73 Å². The van der Waals surface area contributed by atoms with Crippen molar-refractivity contribution in [3.05, 3.63) is 46.7 Å². The minimum absolute atomic E-state index is 0.00463. The summed E-state index contributed by atoms with van der Waals surface area (Å²) in [6.45, 7) is 0. The summed E-state index contributed by atoms with van der Waals surface area (Å²) >= 11 is 1.38. The number of thiophene rings is 1. The van der Waals surface area contributed by atoms with Crippen LogP contribution >= 0.6 is 11.3 Å². The van der Waals surface area contributed by atoms with E-state index in [1.165, 1.54) is 35.6 Å². The van der Waals surface area contributed by atoms with Crippen LogP contribution in [-0.2, 0) is 10.0 Å². The molecule has 1 heterocycles. The highest BCUT2D eigenvalue weighted by Gasteiger charge is 2.15. The van der Waals surface area contributed by atoms with Gasteiger partial charge in [0.05, 0.1) is 10.6 Å². The lowest BCUT2D eigenvalue weighted by Crippen LogP contribution is -2.15. The molecule has 0 spiro atoms. The number of carbonyl (C=O) groups excluding carboxylic acids is 1. The standard InChI is InChI=1S/C11H10N2O3S2/c12-11(14)8-2-1-3-10(6-8)18(15,16)13-9-4-5-17-7-9/h1-7,13H,(H2,12,14). The number of primary amides is 1. The quantitative estimate of drug-likeness (QED) is 0.893. The van der Waals surface area contributed by atoms with Crippen LogP contribution in [0.5, 0.6) is 0 Å². The molecule has 0 bridgehead atoms. The Bertz CT molecular complexity index is 663. The van der Waals surface area contributed by atoms with Gasteiger partial charge in [-0.2, -0.15) is 11.3 Å². The zero-order valence-electron chi connectivity index (χ0n) is 9.16. The van der Waals surface area contributed by atoms with Crippen molar-refractivity contribution in [1.29, 1.82) is 0 Å². The van der Waals surface area contributed by atoms with Crippen LogP contribution in [0.2, 0.25) is 0 Å². The Morgan fingerprint density at radius 2 is 2.06 bits per heavy atom. The molecule has 18 heavy (non-hydrogen) atoms. The monoisotopic (exact) mass is 282 g/mol. The van der Waals surface area contributed by atoms with Gasteiger partial charge in [0.2, 0.25) is 5.91 Å². The molecule has 0 aliphatic rings. The van der Waals surface area contributed by atoms with Gasteiger partial charge in [0.1, 0.15) is 0 Å². The number of nitrogens with one attached hydrogen (secondary N) is 1. The number of anilines is 1. The number of amides is 1. The third kappa shape index (κ3) is 2.69. The molecule has 94 valence electrons. The highest BCUT2D eigenvalue weighted by Crippen LogP contribution is 2.18. The lowest BCUT2D eigenvalue weighted by Gasteiger charge is -2.06. The summed E-state index contributed by atoms with van der Waals surface area (Å²) in [4.78, 5) is 11.0. The third-order valence-electron chi connectivity index (χ3n) is 2.20. The van der Waals surface area contributed by atoms with Gasteiger partial charge < -0.3 is 5.73 Å². The average molecular weight is 282 g/mol. The lowest BCUT2D eigenvalue weighted by molar-refractivity contribution is 0.1000. The summed E-state index contributed by atoms with van der Waals surface area (Å²) in [6, 6.07) is 7.24. The van der Waals surface area contributed by atoms with Gasteiger partial charge in [0.25, 0.3) is 10.0 Å². The zero-order chi connectivity index (χ0) is 13.2. The first-order chi connectivity index (χ1) is 8.49. The predicted molar refractivity (Wildman–Crippen MR) is 70.1 cm³/mol. The van der Waals surface area contributed by atoms with Crippen molar-refractivity contribution in [2.45, 2.75) is 4.90 Å². The van der Waals surface area contributed by atoms with E-state index >= 15 is 0 Å². The molecule has 1 amide bonds. The molecule has 1 aromatic heterocycles. The maximum atomic E-state index is 12.0. The molecule has 0 radical (unpaired) electrons. The fourth-order valence-corrected chi connectivity index (χ4v) is 3.11. The topological polar surface area (TPSA) is 89.3 Å². The van der Waals surface area contributed by atoms with Gasteiger partial charge in [0.15, 0.2) is 0 Å². The lowest BCUT2D eigenvalue weighted by atomic mass is 10.2. The molecule has 2 rings (SSSR count). The van der Waals surface area contributed by atoms with Gasteiger partial charge in [-0.15, -0.1) is 0 Å². The van der Waals surface area contributed by atoms with Crippen molar-refractivity contribution >= 4 is 33.0 Å². The number of carbonyl (C=O) groups is 1. The number of sulfonamides is 1. The van der Waals surface area contributed by atoms with Crippen LogP contribution in [0.25, 0.3) is 0 Å². The van der Waals surface area contributed by atoms with E-state index in [0.717, 1.165) is 0 Å². The zero-order valence-corrected chi connectivity index (χ0v) is 10.8. The summed E-state index contributed by atoms with van der Waals surface area (Å²) in [6.07, 6.45) is 0. The third-order valence-corrected chi connectivity index (χ3v) is 4.26. The van der Waals surface area contributed by atoms with Gasteiger partial charge in [-0.3, -0.25) is 9.52 Å². The average Bonchev–Trinajstić information content (AvgIpc) is 2.81. The second kappa shape index (κ2) is 4.79. The summed E-state index contributed by atoms with van der Waals surface area (Å²) in [5.41, 5.74) is 5.76. The second-order valence-electron chi connectivity index (χ2n) is 3.51. The van der Waals surface area contributed by atoms with Crippen molar-refractivity contribution in [2.75, 3.05) is 4.72 Å². The smallest absolute Gasteiger partial charge is 0.261 e. The van der Waals surface area contributed by atoms with Gasteiger partial charge in [0, 0.05) is 10.9 Å². The number of nitrogens with two attached hydrogens (primary N) is 1. The van der Waals surface area contributed by atoms with E-state index in [2.05, 4.69) is 4.72 Å². The minimum Gasteiger partial charge on any atom is -0.366 e. The Balaban J connectivity index is 2.35. The first-order valence-corrected chi connectivity index (χ1v) is 7.36. The molecular weight excluding hydrogens is 272 g/mol. The van der Waals surface area contributed by atoms with Crippen molar-refractivity contribution in [1.82, 2.24) is 0 Å². The van der Waals surface area contributed by atoms with E-state index in [1.807, 2.05) is 0 Å². The van der Waals surface area contributed by atoms with E-state index in [0.29, 0.717) is 5.69 Å². The number of benzene rings is 1. The highest BCUT2D eigenvalue weighted by atomic mass is 32.2. The molecule has 0 aliphatic heterocycles. The van der Waals surface area contributed by atoms with Crippen LogP contribution in [-0.4, -0.2) is 14.3 Å². The molecule has 0 saturated heterocycles. The van der Waals surface area contributed by atoms with Crippen LogP contribution < -0.4 is 10.5 Å². The van der Waals surface area contributed by atoms with Gasteiger partial charge in [-0.25, -0.2) is 8.42 Å². The van der Waals surface area contributed by atoms with Crippen LogP contribution in [0.15, 0.2) is 46.0 Å². The SMILES string of the molecule is NC(=O)c1cccc(S(=O)(=O)Nc2ccsc2)c1. The molecular formula is C11H10N2O3S2. The van der Waals surface area contributed by atoms with Crippen molar-refractivity contribution in [3.63, 3.8) is 0 Å². The Morgan fingerprint density at radius 3 is 2.67 bits per heavy atom. The van der Waals surface area contributed by atoms with E-state index in [-0.39, 0.29) is 10.5 Å². The van der Waals surface area contributed by atoms with Crippen LogP contribution in [0.4, 0.5) is 5.69 Å². The van der Waals surface area contributed by atoms with Gasteiger partial charge in [-0.05, 0) is 29.6 Å². The number of hydrogen-bond donors (Lipinski definition) is 2. The normalized spacial score (nSPS) is 11.1. The van der Waals surface area contributed by atoms with Crippen LogP contribution in [0, 0.1) is 0 Å². The van der Waals surface area contributed by atoms with Crippen LogP contribution in [0.1, 0.15) is 10.4 Å². The minimum atomic E-state index is -3.69. The van der Waals surface area contributed by atoms with Crippen LogP contribution in [0.3, 0.4) is 0 Å². The molecule has 7 heteroatoms. The Hall–Kier alpha value is -1.86. The molecule has 0 saturated carbocycles. The highest BCUT2D eigenvalue weighted by molar-refractivity contribution is 7.92. The van der Waals surface area contributed by atoms with E-state index in [1.54, 1.807) is 16.8 Å². The molecule has 0 fully saturated rings. The first-order valence-electron chi connectivity index (χ1n) is 4.94. The van der Waals surface area contributed by atoms with Gasteiger partial charge >= 0.3 is 0 Å². The van der Waals surface area contributed by atoms with Crippen molar-refractivity contribution < 1.29 is 13.2 Å². The molecule has 0 atom stereocenters. The number of hydrogen-bond acceptors (Lipinski definition) is 4. The molecule has 2 aromatic rings. The second-order valence-corrected chi connectivity index (χ2v) is 5.97. The fourth-order valence-electron chi connectivity index (χ4n) is 1.35. The van der Waals surface area contributed by atoms with Gasteiger partial charge in [-0.1, -0.05) is 6.07 Å².